The number of hydrogen-bond donors (Lipinski definition) is 1. The molecule has 122 valence electrons. The van der Waals surface area contributed by atoms with Gasteiger partial charge >= 0.3 is 0 Å². The Morgan fingerprint density at radius 1 is 1.00 bits per heavy atom. The van der Waals surface area contributed by atoms with E-state index in [1.54, 1.807) is 13.3 Å². The van der Waals surface area contributed by atoms with Gasteiger partial charge < -0.3 is 9.47 Å². The second kappa shape index (κ2) is 7.51. The molecule has 3 aromatic rings. The van der Waals surface area contributed by atoms with Gasteiger partial charge in [0.1, 0.15) is 11.5 Å². The maximum absolute atomic E-state index is 5.74. The lowest BCUT2D eigenvalue weighted by Gasteiger charge is -2.10. The fraction of sp³-hybridized carbons (Fsp3) is 0.150. The minimum absolute atomic E-state index is 0.616. The topological polar surface area (TPSA) is 42.8 Å². The van der Waals surface area contributed by atoms with Gasteiger partial charge in [-0.25, -0.2) is 0 Å². The number of methoxy groups -OCH3 is 1. The van der Waals surface area contributed by atoms with Crippen molar-refractivity contribution in [1.29, 1.82) is 0 Å². The molecule has 4 nitrogen and oxygen atoms in total. The van der Waals surface area contributed by atoms with Crippen molar-refractivity contribution in [1.82, 2.24) is 0 Å². The highest BCUT2D eigenvalue weighted by Gasteiger charge is 2.06. The third-order valence-corrected chi connectivity index (χ3v) is 3.71. The number of nitrogens with zero attached hydrogens (tertiary/aromatic N) is 1. The molecule has 0 spiro atoms. The molecule has 0 atom stereocenters. The molecule has 24 heavy (non-hydrogen) atoms. The van der Waals surface area contributed by atoms with Gasteiger partial charge in [0.05, 0.1) is 25.6 Å². The Morgan fingerprint density at radius 2 is 1.79 bits per heavy atom. The Labute approximate surface area is 141 Å². The van der Waals surface area contributed by atoms with E-state index in [2.05, 4.69) is 28.7 Å². The highest BCUT2D eigenvalue weighted by Crippen LogP contribution is 2.26. The van der Waals surface area contributed by atoms with E-state index in [1.807, 2.05) is 49.4 Å². The summed E-state index contributed by atoms with van der Waals surface area (Å²) in [6.45, 7) is 2.59. The Morgan fingerprint density at radius 3 is 2.54 bits per heavy atom. The van der Waals surface area contributed by atoms with E-state index in [0.29, 0.717) is 6.61 Å². The Bertz CT molecular complexity index is 842. The van der Waals surface area contributed by atoms with E-state index in [-0.39, 0.29) is 0 Å². The van der Waals surface area contributed by atoms with Gasteiger partial charge in [-0.1, -0.05) is 30.3 Å². The molecular formula is C20H20N2O2. The van der Waals surface area contributed by atoms with E-state index in [0.717, 1.165) is 33.5 Å². The van der Waals surface area contributed by atoms with Crippen molar-refractivity contribution in [3.8, 4) is 11.5 Å². The first-order chi connectivity index (χ1) is 11.8. The number of benzene rings is 3. The first kappa shape index (κ1) is 15.9. The summed E-state index contributed by atoms with van der Waals surface area (Å²) in [7, 11) is 1.65. The predicted octanol–water partition coefficient (Wildman–Crippen LogP) is 4.69. The second-order valence-electron chi connectivity index (χ2n) is 5.23. The average molecular weight is 320 g/mol. The van der Waals surface area contributed by atoms with E-state index in [4.69, 9.17) is 9.47 Å². The van der Waals surface area contributed by atoms with Crippen LogP contribution < -0.4 is 14.9 Å². The molecule has 0 radical (unpaired) electrons. The SMILES string of the molecule is CCOc1ccc2ccccc2c1/C=N/Nc1ccc(OC)cc1. The first-order valence-electron chi connectivity index (χ1n) is 7.89. The van der Waals surface area contributed by atoms with Crippen LogP contribution in [0.4, 0.5) is 5.69 Å². The number of fused-ring (bicyclic) bond motifs is 1. The predicted molar refractivity (Wildman–Crippen MR) is 99.3 cm³/mol. The zero-order valence-electron chi connectivity index (χ0n) is 13.8. The van der Waals surface area contributed by atoms with Crippen molar-refractivity contribution >= 4 is 22.7 Å². The van der Waals surface area contributed by atoms with Gasteiger partial charge in [-0.2, -0.15) is 5.10 Å². The molecule has 4 heteroatoms. The molecule has 0 aliphatic carbocycles. The molecule has 0 amide bonds. The molecule has 3 aromatic carbocycles. The van der Waals surface area contributed by atoms with Gasteiger partial charge in [0.2, 0.25) is 0 Å². The van der Waals surface area contributed by atoms with Crippen LogP contribution in [-0.4, -0.2) is 19.9 Å². The second-order valence-corrected chi connectivity index (χ2v) is 5.23. The molecule has 0 aliphatic heterocycles. The molecule has 0 heterocycles. The summed E-state index contributed by atoms with van der Waals surface area (Å²) in [6, 6.07) is 19.9. The summed E-state index contributed by atoms with van der Waals surface area (Å²) in [4.78, 5) is 0. The summed E-state index contributed by atoms with van der Waals surface area (Å²) in [5, 5.41) is 6.64. The maximum atomic E-state index is 5.74. The third-order valence-electron chi connectivity index (χ3n) is 3.71. The van der Waals surface area contributed by atoms with Gasteiger partial charge in [0.15, 0.2) is 0 Å². The van der Waals surface area contributed by atoms with Gasteiger partial charge in [0.25, 0.3) is 0 Å². The molecule has 0 unspecified atom stereocenters. The van der Waals surface area contributed by atoms with Gasteiger partial charge in [-0.3, -0.25) is 5.43 Å². The van der Waals surface area contributed by atoms with Crippen molar-refractivity contribution in [2.45, 2.75) is 6.92 Å². The van der Waals surface area contributed by atoms with Crippen molar-refractivity contribution < 1.29 is 9.47 Å². The minimum Gasteiger partial charge on any atom is -0.497 e. The van der Waals surface area contributed by atoms with Gasteiger partial charge in [-0.05, 0) is 48.0 Å². The molecule has 0 aliphatic rings. The number of nitrogens with one attached hydrogen (secondary N) is 1. The van der Waals surface area contributed by atoms with Crippen LogP contribution in [0.1, 0.15) is 12.5 Å². The Hall–Kier alpha value is -3.01. The number of anilines is 1. The van der Waals surface area contributed by atoms with Crippen LogP contribution in [0, 0.1) is 0 Å². The van der Waals surface area contributed by atoms with Crippen LogP contribution in [-0.2, 0) is 0 Å². The lowest BCUT2D eigenvalue weighted by atomic mass is 10.0. The first-order valence-corrected chi connectivity index (χ1v) is 7.89. The van der Waals surface area contributed by atoms with Crippen LogP contribution in [0.3, 0.4) is 0 Å². The van der Waals surface area contributed by atoms with E-state index < -0.39 is 0 Å². The minimum atomic E-state index is 0.616. The number of hydrazone groups is 1. The molecule has 3 rings (SSSR count). The van der Waals surface area contributed by atoms with Crippen LogP contribution in [0.25, 0.3) is 10.8 Å². The van der Waals surface area contributed by atoms with Gasteiger partial charge in [-0.15, -0.1) is 0 Å². The molecule has 0 saturated carbocycles. The van der Waals surface area contributed by atoms with Crippen LogP contribution in [0.2, 0.25) is 0 Å². The molecule has 1 N–H and O–H groups in total. The van der Waals surface area contributed by atoms with Crippen molar-refractivity contribution in [3.05, 3.63) is 66.2 Å². The zero-order chi connectivity index (χ0) is 16.8. The lowest BCUT2D eigenvalue weighted by Crippen LogP contribution is -1.98. The molecule has 0 saturated heterocycles. The van der Waals surface area contributed by atoms with Crippen LogP contribution >= 0.6 is 0 Å². The van der Waals surface area contributed by atoms with Crippen molar-refractivity contribution in [2.75, 3.05) is 19.1 Å². The highest BCUT2D eigenvalue weighted by molar-refractivity contribution is 6.02. The third kappa shape index (κ3) is 3.49. The smallest absolute Gasteiger partial charge is 0.128 e. The number of ether oxygens (including phenoxy) is 2. The normalized spacial score (nSPS) is 10.9. The quantitative estimate of drug-likeness (QED) is 0.529. The Balaban J connectivity index is 1.88. The number of hydrogen-bond acceptors (Lipinski definition) is 4. The fourth-order valence-corrected chi connectivity index (χ4v) is 2.53. The maximum Gasteiger partial charge on any atom is 0.128 e. The van der Waals surface area contributed by atoms with E-state index >= 15 is 0 Å². The van der Waals surface area contributed by atoms with E-state index in [1.165, 1.54) is 0 Å². The van der Waals surface area contributed by atoms with Gasteiger partial charge in [0, 0.05) is 5.56 Å². The molecule has 0 bridgehead atoms. The molecule has 0 fully saturated rings. The summed E-state index contributed by atoms with van der Waals surface area (Å²) in [6.07, 6.45) is 1.80. The average Bonchev–Trinajstić information content (AvgIpc) is 2.64. The van der Waals surface area contributed by atoms with Crippen LogP contribution in [0.5, 0.6) is 11.5 Å². The Kier molecular flexibility index (Phi) is 4.96. The summed E-state index contributed by atoms with van der Waals surface area (Å²) < 4.78 is 10.9. The standard InChI is InChI=1S/C20H20N2O2/c1-3-24-20-13-8-15-6-4-5-7-18(15)19(20)14-21-22-16-9-11-17(23-2)12-10-16/h4-14,22H,3H2,1-2H3/b21-14+. The zero-order valence-corrected chi connectivity index (χ0v) is 13.8. The summed E-state index contributed by atoms with van der Waals surface area (Å²) in [5.74, 6) is 1.65. The van der Waals surface area contributed by atoms with Crippen molar-refractivity contribution in [2.24, 2.45) is 5.10 Å². The van der Waals surface area contributed by atoms with Crippen molar-refractivity contribution in [3.63, 3.8) is 0 Å². The molecular weight excluding hydrogens is 300 g/mol. The monoisotopic (exact) mass is 320 g/mol. The highest BCUT2D eigenvalue weighted by atomic mass is 16.5. The van der Waals surface area contributed by atoms with Crippen LogP contribution in [0.15, 0.2) is 65.8 Å². The molecule has 0 aromatic heterocycles. The number of rotatable bonds is 6. The lowest BCUT2D eigenvalue weighted by molar-refractivity contribution is 0.340. The summed E-state index contributed by atoms with van der Waals surface area (Å²) >= 11 is 0. The van der Waals surface area contributed by atoms with E-state index in [9.17, 15) is 0 Å². The largest absolute Gasteiger partial charge is 0.497 e. The summed E-state index contributed by atoms with van der Waals surface area (Å²) in [5.41, 5.74) is 4.90. The fourth-order valence-electron chi connectivity index (χ4n) is 2.53.